The molecular weight excluding hydrogens is 380 g/mol. The fraction of sp³-hybridized carbons (Fsp3) is 0.379. The van der Waals surface area contributed by atoms with Crippen molar-refractivity contribution in [2.45, 2.75) is 59.3 Å². The molecule has 0 aliphatic carbocycles. The standard InChI is InChI=1S/C29H36O2/c1-4-6-8-20-30-27-15-10-24(11-16-27)26-14-19-29(23(3)22-26)25-12-17-28(18-13-25)31-21-9-7-5-2/h10-19,22H,4-9,20-21H2,1-3H3. The summed E-state index contributed by atoms with van der Waals surface area (Å²) in [6.45, 7) is 8.19. The molecule has 0 radical (unpaired) electrons. The van der Waals surface area contributed by atoms with Gasteiger partial charge >= 0.3 is 0 Å². The monoisotopic (exact) mass is 416 g/mol. The molecule has 0 saturated carbocycles. The average Bonchev–Trinajstić information content (AvgIpc) is 2.80. The van der Waals surface area contributed by atoms with E-state index in [0.717, 1.165) is 37.6 Å². The summed E-state index contributed by atoms with van der Waals surface area (Å²) in [5.74, 6) is 1.90. The van der Waals surface area contributed by atoms with Gasteiger partial charge in [0, 0.05) is 0 Å². The lowest BCUT2D eigenvalue weighted by molar-refractivity contribution is 0.306. The molecule has 0 aliphatic heterocycles. The third kappa shape index (κ3) is 6.89. The minimum absolute atomic E-state index is 0.795. The largest absolute Gasteiger partial charge is 0.494 e. The van der Waals surface area contributed by atoms with Crippen molar-refractivity contribution in [2.24, 2.45) is 0 Å². The van der Waals surface area contributed by atoms with Gasteiger partial charge in [-0.2, -0.15) is 0 Å². The van der Waals surface area contributed by atoms with Crippen LogP contribution in [0.5, 0.6) is 11.5 Å². The highest BCUT2D eigenvalue weighted by Crippen LogP contribution is 2.30. The summed E-state index contributed by atoms with van der Waals surface area (Å²) in [5.41, 5.74) is 6.20. The number of ether oxygens (including phenoxy) is 2. The molecule has 0 unspecified atom stereocenters. The van der Waals surface area contributed by atoms with Crippen LogP contribution < -0.4 is 9.47 Å². The number of hydrogen-bond acceptors (Lipinski definition) is 2. The third-order valence-electron chi connectivity index (χ3n) is 5.61. The maximum atomic E-state index is 5.84. The topological polar surface area (TPSA) is 18.5 Å². The van der Waals surface area contributed by atoms with Crippen molar-refractivity contribution in [2.75, 3.05) is 13.2 Å². The van der Waals surface area contributed by atoms with Crippen molar-refractivity contribution in [3.63, 3.8) is 0 Å². The van der Waals surface area contributed by atoms with Gasteiger partial charge in [-0.25, -0.2) is 0 Å². The predicted molar refractivity (Wildman–Crippen MR) is 132 cm³/mol. The molecule has 0 spiro atoms. The number of aryl methyl sites for hydroxylation is 1. The van der Waals surface area contributed by atoms with Crippen LogP contribution in [0.2, 0.25) is 0 Å². The molecule has 0 amide bonds. The number of unbranched alkanes of at least 4 members (excludes halogenated alkanes) is 4. The molecule has 0 heterocycles. The molecule has 0 aromatic heterocycles. The van der Waals surface area contributed by atoms with Gasteiger partial charge in [-0.3, -0.25) is 0 Å². The van der Waals surface area contributed by atoms with E-state index in [1.807, 2.05) is 0 Å². The molecule has 2 heteroatoms. The van der Waals surface area contributed by atoms with Gasteiger partial charge in [-0.15, -0.1) is 0 Å². The van der Waals surface area contributed by atoms with Crippen LogP contribution in [0, 0.1) is 6.92 Å². The summed E-state index contributed by atoms with van der Waals surface area (Å²) in [5, 5.41) is 0. The molecule has 0 aliphatic rings. The summed E-state index contributed by atoms with van der Waals surface area (Å²) < 4.78 is 11.7. The molecule has 3 rings (SSSR count). The van der Waals surface area contributed by atoms with E-state index in [1.165, 1.54) is 53.5 Å². The molecule has 31 heavy (non-hydrogen) atoms. The zero-order chi connectivity index (χ0) is 21.9. The van der Waals surface area contributed by atoms with Crippen LogP contribution in [0.1, 0.15) is 57.9 Å². The molecule has 0 N–H and O–H groups in total. The van der Waals surface area contributed by atoms with Crippen molar-refractivity contribution in [1.29, 1.82) is 0 Å². The average molecular weight is 417 g/mol. The first-order valence-corrected chi connectivity index (χ1v) is 11.8. The van der Waals surface area contributed by atoms with E-state index in [4.69, 9.17) is 9.47 Å². The maximum Gasteiger partial charge on any atom is 0.119 e. The van der Waals surface area contributed by atoms with Gasteiger partial charge in [0.25, 0.3) is 0 Å². The summed E-state index contributed by atoms with van der Waals surface area (Å²) in [6.07, 6.45) is 7.11. The van der Waals surface area contributed by atoms with Gasteiger partial charge in [-0.1, -0.05) is 82.0 Å². The van der Waals surface area contributed by atoms with E-state index in [2.05, 4.69) is 87.5 Å². The molecule has 0 bridgehead atoms. The van der Waals surface area contributed by atoms with Crippen molar-refractivity contribution in [1.82, 2.24) is 0 Å². The number of benzene rings is 3. The molecule has 0 fully saturated rings. The smallest absolute Gasteiger partial charge is 0.119 e. The Hall–Kier alpha value is -2.74. The summed E-state index contributed by atoms with van der Waals surface area (Å²) in [7, 11) is 0. The van der Waals surface area contributed by atoms with Gasteiger partial charge in [0.15, 0.2) is 0 Å². The number of rotatable bonds is 12. The zero-order valence-corrected chi connectivity index (χ0v) is 19.3. The Morgan fingerprint density at radius 1 is 0.548 bits per heavy atom. The normalized spacial score (nSPS) is 10.8. The Balaban J connectivity index is 1.63. The Morgan fingerprint density at radius 2 is 1.03 bits per heavy atom. The van der Waals surface area contributed by atoms with Crippen molar-refractivity contribution < 1.29 is 9.47 Å². The van der Waals surface area contributed by atoms with Gasteiger partial charge in [0.1, 0.15) is 11.5 Å². The predicted octanol–water partition coefficient (Wildman–Crippen LogP) is 8.47. The van der Waals surface area contributed by atoms with Crippen LogP contribution in [0.3, 0.4) is 0 Å². The first-order valence-electron chi connectivity index (χ1n) is 11.8. The lowest BCUT2D eigenvalue weighted by Gasteiger charge is -2.11. The molecule has 0 atom stereocenters. The van der Waals surface area contributed by atoms with E-state index in [0.29, 0.717) is 0 Å². The summed E-state index contributed by atoms with van der Waals surface area (Å²) >= 11 is 0. The second-order valence-electron chi connectivity index (χ2n) is 8.19. The second kappa shape index (κ2) is 12.2. The maximum absolute atomic E-state index is 5.84. The molecule has 2 nitrogen and oxygen atoms in total. The van der Waals surface area contributed by atoms with Crippen molar-refractivity contribution in [3.05, 3.63) is 72.3 Å². The highest BCUT2D eigenvalue weighted by atomic mass is 16.5. The quantitative estimate of drug-likeness (QED) is 0.276. The molecule has 3 aromatic rings. The molecule has 3 aromatic carbocycles. The first kappa shape index (κ1) is 22.9. The molecular formula is C29H36O2. The van der Waals surface area contributed by atoms with Crippen LogP contribution in [0.25, 0.3) is 22.3 Å². The van der Waals surface area contributed by atoms with Gasteiger partial charge < -0.3 is 9.47 Å². The minimum atomic E-state index is 0.795. The summed E-state index contributed by atoms with van der Waals surface area (Å²) in [4.78, 5) is 0. The van der Waals surface area contributed by atoms with E-state index < -0.39 is 0 Å². The highest BCUT2D eigenvalue weighted by Gasteiger charge is 2.06. The zero-order valence-electron chi connectivity index (χ0n) is 19.3. The molecule has 0 saturated heterocycles. The van der Waals surface area contributed by atoms with E-state index in [1.54, 1.807) is 0 Å². The SMILES string of the molecule is CCCCCOc1ccc(-c2ccc(-c3ccc(OCCCCC)cc3)c(C)c2)cc1. The lowest BCUT2D eigenvalue weighted by atomic mass is 9.96. The van der Waals surface area contributed by atoms with Crippen LogP contribution in [-0.2, 0) is 0 Å². The van der Waals surface area contributed by atoms with Crippen molar-refractivity contribution >= 4 is 0 Å². The second-order valence-corrected chi connectivity index (χ2v) is 8.19. The fourth-order valence-electron chi connectivity index (χ4n) is 3.73. The van der Waals surface area contributed by atoms with Crippen LogP contribution in [0.4, 0.5) is 0 Å². The number of hydrogen-bond donors (Lipinski definition) is 0. The Morgan fingerprint density at radius 3 is 1.52 bits per heavy atom. The van der Waals surface area contributed by atoms with Gasteiger partial charge in [-0.05, 0) is 71.8 Å². The van der Waals surface area contributed by atoms with Crippen LogP contribution in [0.15, 0.2) is 66.7 Å². The molecule has 164 valence electrons. The minimum Gasteiger partial charge on any atom is -0.494 e. The lowest BCUT2D eigenvalue weighted by Crippen LogP contribution is -1.97. The fourth-order valence-corrected chi connectivity index (χ4v) is 3.73. The van der Waals surface area contributed by atoms with E-state index >= 15 is 0 Å². The Labute approximate surface area is 188 Å². The summed E-state index contributed by atoms with van der Waals surface area (Å²) in [6, 6.07) is 23.6. The Bertz CT molecular complexity index is 910. The highest BCUT2D eigenvalue weighted by molar-refractivity contribution is 5.74. The van der Waals surface area contributed by atoms with E-state index in [9.17, 15) is 0 Å². The van der Waals surface area contributed by atoms with Gasteiger partial charge in [0.2, 0.25) is 0 Å². The first-order chi connectivity index (χ1) is 15.2. The van der Waals surface area contributed by atoms with E-state index in [-0.39, 0.29) is 0 Å². The Kier molecular flexibility index (Phi) is 9.02. The van der Waals surface area contributed by atoms with Crippen LogP contribution >= 0.6 is 0 Å². The van der Waals surface area contributed by atoms with Crippen LogP contribution in [-0.4, -0.2) is 13.2 Å². The van der Waals surface area contributed by atoms with Gasteiger partial charge in [0.05, 0.1) is 13.2 Å². The van der Waals surface area contributed by atoms with Crippen molar-refractivity contribution in [3.8, 4) is 33.8 Å². The third-order valence-corrected chi connectivity index (χ3v) is 5.61.